The van der Waals surface area contributed by atoms with Crippen LogP contribution in [0.2, 0.25) is 5.02 Å². The lowest BCUT2D eigenvalue weighted by atomic mass is 10.1. The predicted octanol–water partition coefficient (Wildman–Crippen LogP) is 5.67. The van der Waals surface area contributed by atoms with Crippen LogP contribution in [0.15, 0.2) is 69.7 Å². The highest BCUT2D eigenvalue weighted by Gasteiger charge is 2.30. The summed E-state index contributed by atoms with van der Waals surface area (Å²) in [6.45, 7) is 5.15. The van der Waals surface area contributed by atoms with Crippen LogP contribution in [-0.4, -0.2) is 34.8 Å². The molecule has 0 saturated heterocycles. The Hall–Kier alpha value is -4.17. The van der Waals surface area contributed by atoms with Gasteiger partial charge >= 0.3 is 11.9 Å². The molecule has 0 spiro atoms. The zero-order valence-corrected chi connectivity index (χ0v) is 19.9. The van der Waals surface area contributed by atoms with Crippen LogP contribution < -0.4 is 5.01 Å². The van der Waals surface area contributed by atoms with Gasteiger partial charge in [-0.05, 0) is 69.3 Å². The monoisotopic (exact) mass is 492 g/mol. The Bertz CT molecular complexity index is 1400. The molecule has 178 valence electrons. The van der Waals surface area contributed by atoms with E-state index in [9.17, 15) is 19.5 Å². The number of hydrazone groups is 1. The number of hydrogen-bond acceptors (Lipinski definition) is 6. The Morgan fingerprint density at radius 1 is 1.14 bits per heavy atom. The topological polar surface area (TPSA) is 109 Å². The van der Waals surface area contributed by atoms with E-state index in [1.807, 2.05) is 0 Å². The number of anilines is 1. The average Bonchev–Trinajstić information content (AvgIpc) is 3.39. The molecule has 0 fully saturated rings. The van der Waals surface area contributed by atoms with Crippen LogP contribution in [0.4, 0.5) is 5.69 Å². The molecule has 0 atom stereocenters. The van der Waals surface area contributed by atoms with E-state index < -0.39 is 17.8 Å². The van der Waals surface area contributed by atoms with E-state index in [1.54, 1.807) is 57.2 Å². The van der Waals surface area contributed by atoms with Gasteiger partial charge in [-0.1, -0.05) is 23.7 Å². The first kappa shape index (κ1) is 24.0. The quantitative estimate of drug-likeness (QED) is 0.350. The van der Waals surface area contributed by atoms with Crippen molar-refractivity contribution in [3.63, 3.8) is 0 Å². The lowest BCUT2D eigenvalue weighted by molar-refractivity contribution is -0.114. The molecule has 9 heteroatoms. The number of halogens is 1. The van der Waals surface area contributed by atoms with Crippen molar-refractivity contribution in [3.05, 3.63) is 82.1 Å². The fourth-order valence-corrected chi connectivity index (χ4v) is 3.67. The Morgan fingerprint density at radius 3 is 2.63 bits per heavy atom. The zero-order valence-electron chi connectivity index (χ0n) is 19.1. The average molecular weight is 493 g/mol. The van der Waals surface area contributed by atoms with E-state index in [4.69, 9.17) is 20.8 Å². The van der Waals surface area contributed by atoms with Crippen molar-refractivity contribution in [2.45, 2.75) is 26.9 Å². The van der Waals surface area contributed by atoms with Gasteiger partial charge in [-0.25, -0.2) is 9.59 Å². The second-order valence-electron chi connectivity index (χ2n) is 8.07. The van der Waals surface area contributed by atoms with Crippen molar-refractivity contribution < 1.29 is 28.6 Å². The molecule has 0 aliphatic carbocycles. The molecule has 1 N–H and O–H groups in total. The van der Waals surface area contributed by atoms with Gasteiger partial charge in [0.15, 0.2) is 0 Å². The van der Waals surface area contributed by atoms with Crippen LogP contribution in [0.5, 0.6) is 0 Å². The van der Waals surface area contributed by atoms with E-state index in [-0.39, 0.29) is 22.3 Å². The van der Waals surface area contributed by atoms with Gasteiger partial charge in [-0.15, -0.1) is 0 Å². The maximum Gasteiger partial charge on any atom is 0.339 e. The minimum atomic E-state index is -1.04. The number of furan rings is 1. The molecule has 1 amide bonds. The van der Waals surface area contributed by atoms with Crippen molar-refractivity contribution >= 4 is 46.9 Å². The fraction of sp³-hybridized carbons (Fsp3) is 0.154. The number of esters is 1. The van der Waals surface area contributed by atoms with Crippen molar-refractivity contribution in [3.8, 4) is 11.3 Å². The highest BCUT2D eigenvalue weighted by atomic mass is 35.5. The molecule has 0 unspecified atom stereocenters. The lowest BCUT2D eigenvalue weighted by Crippen LogP contribution is -2.22. The molecule has 3 aromatic rings. The van der Waals surface area contributed by atoms with Gasteiger partial charge in [0.2, 0.25) is 0 Å². The molecule has 0 radical (unpaired) electrons. The zero-order chi connectivity index (χ0) is 25.3. The third kappa shape index (κ3) is 5.02. The van der Waals surface area contributed by atoms with E-state index in [0.717, 1.165) is 0 Å². The van der Waals surface area contributed by atoms with E-state index >= 15 is 0 Å². The summed E-state index contributed by atoms with van der Waals surface area (Å²) >= 11 is 6.17. The van der Waals surface area contributed by atoms with Crippen molar-refractivity contribution in [2.75, 3.05) is 5.01 Å². The Labute approximate surface area is 206 Å². The minimum absolute atomic E-state index is 0.134. The molecule has 8 nitrogen and oxygen atoms in total. The summed E-state index contributed by atoms with van der Waals surface area (Å²) in [6.07, 6.45) is 1.24. The SMILES string of the molecule is CC1=NN(c2ccc(Cl)c(C(=O)OC(C)C)c2)C(=O)/C1=C\c1ccc(-c2cccc(C(=O)O)c2)o1. The summed E-state index contributed by atoms with van der Waals surface area (Å²) in [6, 6.07) is 14.3. The van der Waals surface area contributed by atoms with Gasteiger partial charge in [-0.2, -0.15) is 10.1 Å². The summed E-state index contributed by atoms with van der Waals surface area (Å²) < 4.78 is 11.1. The normalized spacial score (nSPS) is 14.5. The fourth-order valence-electron chi connectivity index (χ4n) is 3.47. The molecule has 2 heterocycles. The number of hydrogen-bond donors (Lipinski definition) is 1. The number of carbonyl (C=O) groups excluding carboxylic acids is 2. The first-order valence-electron chi connectivity index (χ1n) is 10.7. The Kier molecular flexibility index (Phi) is 6.57. The number of carboxylic acids is 1. The maximum absolute atomic E-state index is 13.1. The van der Waals surface area contributed by atoms with Crippen LogP contribution in [0.25, 0.3) is 17.4 Å². The number of benzene rings is 2. The van der Waals surface area contributed by atoms with Gasteiger partial charge in [0, 0.05) is 5.56 Å². The van der Waals surface area contributed by atoms with Crippen molar-refractivity contribution in [2.24, 2.45) is 5.10 Å². The van der Waals surface area contributed by atoms with Gasteiger partial charge in [0.1, 0.15) is 11.5 Å². The standard InChI is InChI=1S/C26H21ClN2O6/c1-14(2)34-26(33)21-12-18(7-9-22(21)27)29-24(30)20(15(3)28-29)13-19-8-10-23(35-19)16-5-4-6-17(11-16)25(31)32/h4-14H,1-3H3,(H,31,32)/b20-13-. The van der Waals surface area contributed by atoms with Gasteiger partial charge in [-0.3, -0.25) is 4.79 Å². The van der Waals surface area contributed by atoms with E-state index in [2.05, 4.69) is 5.10 Å². The second-order valence-corrected chi connectivity index (χ2v) is 8.47. The molecule has 35 heavy (non-hydrogen) atoms. The molecular weight excluding hydrogens is 472 g/mol. The molecule has 1 aromatic heterocycles. The molecule has 0 bridgehead atoms. The number of amides is 1. The number of carboxylic acid groups (broad SMARTS) is 1. The lowest BCUT2D eigenvalue weighted by Gasteiger charge is -2.14. The minimum Gasteiger partial charge on any atom is -0.478 e. The third-order valence-electron chi connectivity index (χ3n) is 5.13. The summed E-state index contributed by atoms with van der Waals surface area (Å²) in [7, 11) is 0. The molecule has 1 aliphatic rings. The predicted molar refractivity (Wildman–Crippen MR) is 132 cm³/mol. The summed E-state index contributed by atoms with van der Waals surface area (Å²) in [5, 5.41) is 14.9. The molecule has 1 aliphatic heterocycles. The number of ether oxygens (including phenoxy) is 1. The first-order chi connectivity index (χ1) is 16.6. The van der Waals surface area contributed by atoms with Crippen molar-refractivity contribution in [1.29, 1.82) is 0 Å². The highest BCUT2D eigenvalue weighted by molar-refractivity contribution is 6.34. The number of aromatic carboxylic acids is 1. The molecular formula is C26H21ClN2O6. The number of carbonyl (C=O) groups is 3. The molecule has 4 rings (SSSR count). The number of nitrogens with zero attached hydrogens (tertiary/aromatic N) is 2. The molecule has 0 saturated carbocycles. The summed E-state index contributed by atoms with van der Waals surface area (Å²) in [5.41, 5.74) is 2.01. The van der Waals surface area contributed by atoms with Crippen LogP contribution in [-0.2, 0) is 9.53 Å². The van der Waals surface area contributed by atoms with Crippen LogP contribution in [0, 0.1) is 0 Å². The smallest absolute Gasteiger partial charge is 0.339 e. The van der Waals surface area contributed by atoms with E-state index in [0.29, 0.717) is 34.1 Å². The number of rotatable bonds is 6. The van der Waals surface area contributed by atoms with Crippen LogP contribution in [0.1, 0.15) is 47.2 Å². The van der Waals surface area contributed by atoms with Crippen LogP contribution in [0.3, 0.4) is 0 Å². The van der Waals surface area contributed by atoms with E-state index in [1.165, 1.54) is 29.3 Å². The van der Waals surface area contributed by atoms with Gasteiger partial charge in [0.25, 0.3) is 5.91 Å². The highest BCUT2D eigenvalue weighted by Crippen LogP contribution is 2.30. The summed E-state index contributed by atoms with van der Waals surface area (Å²) in [4.78, 5) is 36.8. The Morgan fingerprint density at radius 2 is 1.91 bits per heavy atom. The third-order valence-corrected chi connectivity index (χ3v) is 5.46. The molecule has 2 aromatic carbocycles. The second kappa shape index (κ2) is 9.60. The first-order valence-corrected chi connectivity index (χ1v) is 11.1. The maximum atomic E-state index is 13.1. The summed E-state index contributed by atoms with van der Waals surface area (Å²) in [5.74, 6) is -1.17. The Balaban J connectivity index is 1.60. The largest absolute Gasteiger partial charge is 0.478 e. The van der Waals surface area contributed by atoms with Crippen LogP contribution >= 0.6 is 11.6 Å². The van der Waals surface area contributed by atoms with Gasteiger partial charge < -0.3 is 14.3 Å². The van der Waals surface area contributed by atoms with Gasteiger partial charge in [0.05, 0.1) is 39.2 Å². The van der Waals surface area contributed by atoms with Crippen molar-refractivity contribution in [1.82, 2.24) is 0 Å².